The fourth-order valence-electron chi connectivity index (χ4n) is 4.17. The zero-order valence-electron chi connectivity index (χ0n) is 16.2. The van der Waals surface area contributed by atoms with Crippen molar-refractivity contribution < 1.29 is 9.53 Å². The first-order chi connectivity index (χ1) is 13.1. The predicted molar refractivity (Wildman–Crippen MR) is 102 cm³/mol. The van der Waals surface area contributed by atoms with Crippen molar-refractivity contribution in [1.29, 1.82) is 0 Å². The third-order valence-corrected chi connectivity index (χ3v) is 5.86. The number of nitrogens with zero attached hydrogens (tertiary/aromatic N) is 6. The van der Waals surface area contributed by atoms with E-state index in [2.05, 4.69) is 34.0 Å². The molecule has 8 heteroatoms. The summed E-state index contributed by atoms with van der Waals surface area (Å²) in [4.78, 5) is 24.1. The van der Waals surface area contributed by atoms with E-state index in [0.29, 0.717) is 11.2 Å². The molecular formula is C19H28N6O2. The average Bonchev–Trinajstić information content (AvgIpc) is 3.11. The lowest BCUT2D eigenvalue weighted by atomic mass is 9.85. The number of carbonyl (C=O) groups is 1. The summed E-state index contributed by atoms with van der Waals surface area (Å²) in [5, 5.41) is 4.24. The van der Waals surface area contributed by atoms with Crippen molar-refractivity contribution in [3.05, 3.63) is 30.2 Å². The molecule has 2 aliphatic heterocycles. The lowest BCUT2D eigenvalue weighted by Gasteiger charge is -2.51. The molecule has 2 aromatic rings. The van der Waals surface area contributed by atoms with Gasteiger partial charge < -0.3 is 14.5 Å². The van der Waals surface area contributed by atoms with E-state index < -0.39 is 0 Å². The normalized spacial score (nSPS) is 20.6. The number of hydrogen-bond donors (Lipinski definition) is 0. The highest BCUT2D eigenvalue weighted by Crippen LogP contribution is 2.32. The number of morpholine rings is 1. The number of piperidine rings is 1. The molecule has 4 heterocycles. The molecule has 0 radical (unpaired) electrons. The SMILES string of the molecule is CN(C)CCN1CCOCC12CCN(C(=O)c1cnn3cccnc13)CC2. The minimum Gasteiger partial charge on any atom is -0.378 e. The molecule has 0 unspecified atom stereocenters. The standard InChI is InChI=1S/C19H28N6O2/c1-22(2)10-11-24-12-13-27-15-19(24)4-8-23(9-5-19)18(26)16-14-21-25-7-3-6-20-17(16)25/h3,6-7,14H,4-5,8-13,15H2,1-2H3. The summed E-state index contributed by atoms with van der Waals surface area (Å²) in [7, 11) is 4.22. The first-order valence-corrected chi connectivity index (χ1v) is 9.64. The monoisotopic (exact) mass is 372 g/mol. The molecule has 0 N–H and O–H groups in total. The number of rotatable bonds is 4. The second kappa shape index (κ2) is 7.53. The fraction of sp³-hybridized carbons (Fsp3) is 0.632. The Balaban J connectivity index is 1.45. The van der Waals surface area contributed by atoms with Crippen LogP contribution in [0.2, 0.25) is 0 Å². The van der Waals surface area contributed by atoms with E-state index in [4.69, 9.17) is 4.74 Å². The third-order valence-electron chi connectivity index (χ3n) is 5.86. The third kappa shape index (κ3) is 3.56. The topological polar surface area (TPSA) is 66.2 Å². The van der Waals surface area contributed by atoms with Gasteiger partial charge in [-0.1, -0.05) is 0 Å². The quantitative estimate of drug-likeness (QED) is 0.783. The summed E-state index contributed by atoms with van der Waals surface area (Å²) in [6.45, 7) is 6.10. The molecule has 0 aliphatic carbocycles. The summed E-state index contributed by atoms with van der Waals surface area (Å²) >= 11 is 0. The summed E-state index contributed by atoms with van der Waals surface area (Å²) in [5.74, 6) is 0.0233. The van der Waals surface area contributed by atoms with E-state index in [-0.39, 0.29) is 11.4 Å². The molecule has 4 rings (SSSR count). The van der Waals surface area contributed by atoms with Gasteiger partial charge in [-0.3, -0.25) is 9.69 Å². The number of hydrogen-bond acceptors (Lipinski definition) is 6. The van der Waals surface area contributed by atoms with Gasteiger partial charge in [0, 0.05) is 50.7 Å². The van der Waals surface area contributed by atoms with Crippen molar-refractivity contribution >= 4 is 11.6 Å². The lowest BCUT2D eigenvalue weighted by molar-refractivity contribution is -0.0927. The maximum Gasteiger partial charge on any atom is 0.259 e. The molecule has 2 aromatic heterocycles. The Bertz CT molecular complexity index is 796. The van der Waals surface area contributed by atoms with Crippen LogP contribution in [-0.4, -0.2) is 101 Å². The van der Waals surface area contributed by atoms with Crippen molar-refractivity contribution in [3.63, 3.8) is 0 Å². The second-order valence-corrected chi connectivity index (χ2v) is 7.81. The Kier molecular flexibility index (Phi) is 5.12. The molecule has 0 aromatic carbocycles. The van der Waals surface area contributed by atoms with Crippen LogP contribution in [0.15, 0.2) is 24.7 Å². The number of carbonyl (C=O) groups excluding carboxylic acids is 1. The Morgan fingerprint density at radius 2 is 2.11 bits per heavy atom. The van der Waals surface area contributed by atoms with Crippen molar-refractivity contribution in [2.75, 3.05) is 60.0 Å². The van der Waals surface area contributed by atoms with E-state index in [1.54, 1.807) is 16.9 Å². The van der Waals surface area contributed by atoms with Gasteiger partial charge in [0.15, 0.2) is 5.65 Å². The van der Waals surface area contributed by atoms with Crippen LogP contribution < -0.4 is 0 Å². The molecule has 2 fully saturated rings. The van der Waals surface area contributed by atoms with Crippen LogP contribution >= 0.6 is 0 Å². The predicted octanol–water partition coefficient (Wildman–Crippen LogP) is 0.598. The molecular weight excluding hydrogens is 344 g/mol. The number of amides is 1. The largest absolute Gasteiger partial charge is 0.378 e. The number of ether oxygens (including phenoxy) is 1. The van der Waals surface area contributed by atoms with Gasteiger partial charge in [0.1, 0.15) is 5.56 Å². The maximum atomic E-state index is 13.0. The van der Waals surface area contributed by atoms with E-state index in [1.807, 2.05) is 17.2 Å². The Labute approximate surface area is 159 Å². The molecule has 0 atom stereocenters. The highest BCUT2D eigenvalue weighted by Gasteiger charge is 2.43. The smallest absolute Gasteiger partial charge is 0.259 e. The van der Waals surface area contributed by atoms with Gasteiger partial charge in [0.05, 0.1) is 19.4 Å². The minimum absolute atomic E-state index is 0.0233. The molecule has 0 bridgehead atoms. The van der Waals surface area contributed by atoms with Crippen LogP contribution in [0.5, 0.6) is 0 Å². The first-order valence-electron chi connectivity index (χ1n) is 9.64. The molecule has 1 amide bonds. The summed E-state index contributed by atoms with van der Waals surface area (Å²) in [6.07, 6.45) is 7.02. The number of likely N-dealkylation sites (tertiary alicyclic amines) is 1. The van der Waals surface area contributed by atoms with Crippen LogP contribution in [0, 0.1) is 0 Å². The lowest BCUT2D eigenvalue weighted by Crippen LogP contribution is -2.62. The van der Waals surface area contributed by atoms with E-state index in [1.165, 1.54) is 0 Å². The van der Waals surface area contributed by atoms with Gasteiger partial charge in [0.25, 0.3) is 5.91 Å². The molecule has 27 heavy (non-hydrogen) atoms. The van der Waals surface area contributed by atoms with E-state index >= 15 is 0 Å². The highest BCUT2D eigenvalue weighted by molar-refractivity contribution is 5.99. The van der Waals surface area contributed by atoms with Crippen LogP contribution in [0.4, 0.5) is 0 Å². The van der Waals surface area contributed by atoms with Gasteiger partial charge in [-0.25, -0.2) is 9.50 Å². The molecule has 0 saturated carbocycles. The van der Waals surface area contributed by atoms with Crippen molar-refractivity contribution in [2.45, 2.75) is 18.4 Å². The van der Waals surface area contributed by atoms with Crippen molar-refractivity contribution in [1.82, 2.24) is 29.3 Å². The molecule has 1 spiro atoms. The van der Waals surface area contributed by atoms with Crippen molar-refractivity contribution in [3.8, 4) is 0 Å². The van der Waals surface area contributed by atoms with Gasteiger partial charge in [-0.05, 0) is 33.0 Å². The van der Waals surface area contributed by atoms with Crippen LogP contribution in [0.1, 0.15) is 23.2 Å². The number of fused-ring (bicyclic) bond motifs is 1. The summed E-state index contributed by atoms with van der Waals surface area (Å²) in [5.41, 5.74) is 1.26. The fourth-order valence-corrected chi connectivity index (χ4v) is 4.17. The summed E-state index contributed by atoms with van der Waals surface area (Å²) in [6, 6.07) is 1.81. The Morgan fingerprint density at radius 3 is 2.89 bits per heavy atom. The highest BCUT2D eigenvalue weighted by atomic mass is 16.5. The first kappa shape index (κ1) is 18.3. The molecule has 2 saturated heterocycles. The van der Waals surface area contributed by atoms with Gasteiger partial charge in [0.2, 0.25) is 0 Å². The van der Waals surface area contributed by atoms with E-state index in [9.17, 15) is 4.79 Å². The minimum atomic E-state index is 0.0233. The Morgan fingerprint density at radius 1 is 1.30 bits per heavy atom. The molecule has 2 aliphatic rings. The summed E-state index contributed by atoms with van der Waals surface area (Å²) < 4.78 is 7.49. The van der Waals surface area contributed by atoms with Gasteiger partial charge >= 0.3 is 0 Å². The van der Waals surface area contributed by atoms with Crippen LogP contribution in [0.25, 0.3) is 5.65 Å². The molecule has 8 nitrogen and oxygen atoms in total. The maximum absolute atomic E-state index is 13.0. The second-order valence-electron chi connectivity index (χ2n) is 7.81. The average molecular weight is 372 g/mol. The van der Waals surface area contributed by atoms with Crippen molar-refractivity contribution in [2.24, 2.45) is 0 Å². The van der Waals surface area contributed by atoms with E-state index in [0.717, 1.165) is 58.8 Å². The number of aromatic nitrogens is 3. The zero-order valence-corrected chi connectivity index (χ0v) is 16.2. The van der Waals surface area contributed by atoms with Crippen LogP contribution in [-0.2, 0) is 4.74 Å². The van der Waals surface area contributed by atoms with Gasteiger partial charge in [-0.15, -0.1) is 0 Å². The van der Waals surface area contributed by atoms with Crippen LogP contribution in [0.3, 0.4) is 0 Å². The van der Waals surface area contributed by atoms with Gasteiger partial charge in [-0.2, -0.15) is 5.10 Å². The Hall–Kier alpha value is -2.03. The number of likely N-dealkylation sites (N-methyl/N-ethyl adjacent to an activating group) is 1. The zero-order chi connectivity index (χ0) is 18.9. The molecule has 146 valence electrons.